The van der Waals surface area contributed by atoms with Gasteiger partial charge in [0, 0.05) is 88.6 Å². The van der Waals surface area contributed by atoms with Crippen molar-refractivity contribution in [2.45, 2.75) is 157 Å². The van der Waals surface area contributed by atoms with Gasteiger partial charge in [-0.15, -0.1) is 0 Å². The molecule has 10 heterocycles. The van der Waals surface area contributed by atoms with Crippen LogP contribution in [0.2, 0.25) is 0 Å². The van der Waals surface area contributed by atoms with E-state index in [0.29, 0.717) is 0 Å². The quantitative estimate of drug-likeness (QED) is 0.121. The smallest absolute Gasteiger partial charge is 0.0737 e. The average Bonchev–Trinajstić information content (AvgIpc) is 1.59. The van der Waals surface area contributed by atoms with Gasteiger partial charge in [-0.05, 0) is 208 Å². The summed E-state index contributed by atoms with van der Waals surface area (Å²) in [5.74, 6) is 0. The molecule has 16 bridgehead atoms. The zero-order valence-corrected chi connectivity index (χ0v) is 69.2. The monoisotopic (exact) mass is 1490 g/mol. The molecule has 8 heteroatoms. The number of aromatic nitrogens is 8. The van der Waals surface area contributed by atoms with E-state index in [-0.39, 0.29) is 32.5 Å². The summed E-state index contributed by atoms with van der Waals surface area (Å²) in [6.07, 6.45) is 17.6. The Bertz CT molecular complexity index is 5980. The second-order valence-corrected chi connectivity index (χ2v) is 37.5. The van der Waals surface area contributed by atoms with Crippen molar-refractivity contribution in [2.75, 3.05) is 0 Å². The van der Waals surface area contributed by atoms with E-state index in [9.17, 15) is 0 Å². The topological polar surface area (TPSA) is 115 Å². The highest BCUT2D eigenvalue weighted by atomic mass is 14.8. The Morgan fingerprint density at radius 1 is 0.167 bits per heavy atom. The Hall–Kier alpha value is -12.3. The third-order valence-electron chi connectivity index (χ3n) is 23.2. The largest absolute Gasteiger partial charge is 0.354 e. The summed E-state index contributed by atoms with van der Waals surface area (Å²) in [6, 6.07) is 81.2. The summed E-state index contributed by atoms with van der Waals surface area (Å²) in [5.41, 5.74) is 37.3. The molecular formula is C106H102N8. The van der Waals surface area contributed by atoms with Crippen molar-refractivity contribution in [1.29, 1.82) is 0 Å². The third-order valence-corrected chi connectivity index (χ3v) is 23.2. The van der Waals surface area contributed by atoms with E-state index >= 15 is 0 Å². The van der Waals surface area contributed by atoms with E-state index in [4.69, 9.17) is 19.9 Å². The fourth-order valence-corrected chi connectivity index (χ4v) is 16.5. The summed E-state index contributed by atoms with van der Waals surface area (Å²) in [4.78, 5) is 39.8. The number of benzene rings is 7. The van der Waals surface area contributed by atoms with Gasteiger partial charge in [-0.3, -0.25) is 0 Å². The SMILES string of the molecule is CC(C)(C)c1ccc(-c2c3nc(c(-c4ccc(C(C)(C)C)cc4)c4ccc([nH]4)c(-c4ccccc4-c4c5nc(c(-c6ccc(C(C)(C)C)cc6)c6ccc([nH]6)c(-c6ccc(C(C)(C)C)cc6)c6nc(c(-c7ccc(C(C)(C)C)cc7)c7ccc4[nH]7)C=C6)C=C5)c4nc(c(-c5ccc(C(C)(C)C)cc5)c5ccc2[nH]5)C=C4)C=C3)cc1. The lowest BCUT2D eigenvalue weighted by atomic mass is 9.86. The average molecular weight is 1490 g/mol. The number of hydrogen-bond acceptors (Lipinski definition) is 4. The molecule has 0 radical (unpaired) electrons. The zero-order valence-electron chi connectivity index (χ0n) is 69.2. The Labute approximate surface area is 671 Å². The van der Waals surface area contributed by atoms with Crippen LogP contribution in [-0.4, -0.2) is 39.9 Å². The highest BCUT2D eigenvalue weighted by Crippen LogP contribution is 2.47. The van der Waals surface area contributed by atoms with Gasteiger partial charge < -0.3 is 19.9 Å². The Kier molecular flexibility index (Phi) is 18.2. The first kappa shape index (κ1) is 74.5. The summed E-state index contributed by atoms with van der Waals surface area (Å²) in [7, 11) is 0. The maximum absolute atomic E-state index is 5.95. The lowest BCUT2D eigenvalue weighted by Crippen LogP contribution is -2.10. The fourth-order valence-electron chi connectivity index (χ4n) is 16.5. The molecule has 0 amide bonds. The summed E-state index contributed by atoms with van der Waals surface area (Å²) >= 11 is 0. The first-order chi connectivity index (χ1) is 54.2. The van der Waals surface area contributed by atoms with Crippen LogP contribution in [0.3, 0.4) is 0 Å². The van der Waals surface area contributed by atoms with E-state index in [1.807, 2.05) is 0 Å². The number of H-pyrrole nitrogens is 4. The number of nitrogens with zero attached hydrogens (tertiary/aromatic N) is 4. The molecule has 0 saturated heterocycles. The molecule has 566 valence electrons. The summed E-state index contributed by atoms with van der Waals surface area (Å²) < 4.78 is 0. The molecule has 7 aromatic carbocycles. The van der Waals surface area contributed by atoms with Crippen molar-refractivity contribution in [2.24, 2.45) is 0 Å². The highest BCUT2D eigenvalue weighted by Gasteiger charge is 2.28. The van der Waals surface area contributed by atoms with Gasteiger partial charge >= 0.3 is 0 Å². The minimum absolute atomic E-state index is 0.0317. The fraction of sp³-hybridized carbons (Fsp3) is 0.226. The lowest BCUT2D eigenvalue weighted by Gasteiger charge is -2.19. The van der Waals surface area contributed by atoms with Crippen molar-refractivity contribution in [3.8, 4) is 89.0 Å². The minimum Gasteiger partial charge on any atom is -0.354 e. The second kappa shape index (κ2) is 27.8. The first-order valence-corrected chi connectivity index (χ1v) is 40.3. The van der Waals surface area contributed by atoms with E-state index in [1.54, 1.807) is 0 Å². The van der Waals surface area contributed by atoms with Gasteiger partial charge in [0.2, 0.25) is 0 Å². The van der Waals surface area contributed by atoms with Crippen LogP contribution in [-0.2, 0) is 32.5 Å². The maximum atomic E-state index is 5.95. The second-order valence-electron chi connectivity index (χ2n) is 37.5. The van der Waals surface area contributed by atoms with Crippen LogP contribution in [0.15, 0.2) is 218 Å². The summed E-state index contributed by atoms with van der Waals surface area (Å²) in [5, 5.41) is 0. The summed E-state index contributed by atoms with van der Waals surface area (Å²) in [6.45, 7) is 40.9. The van der Waals surface area contributed by atoms with Crippen molar-refractivity contribution >= 4 is 92.7 Å². The molecule has 0 fully saturated rings. The van der Waals surface area contributed by atoms with Crippen LogP contribution in [0, 0.1) is 0 Å². The Morgan fingerprint density at radius 3 is 0.456 bits per heavy atom. The molecule has 4 aliphatic rings. The molecule has 0 unspecified atom stereocenters. The van der Waals surface area contributed by atoms with Gasteiger partial charge in [0.25, 0.3) is 0 Å². The number of aromatic amines is 4. The zero-order chi connectivity index (χ0) is 79.7. The maximum Gasteiger partial charge on any atom is 0.0737 e. The molecule has 0 saturated carbocycles. The normalized spacial score (nSPS) is 13.2. The number of fused-ring (bicyclic) bond motifs is 16. The van der Waals surface area contributed by atoms with Gasteiger partial charge in [-0.25, -0.2) is 19.9 Å². The van der Waals surface area contributed by atoms with Gasteiger partial charge in [0.15, 0.2) is 0 Å². The third kappa shape index (κ3) is 14.1. The van der Waals surface area contributed by atoms with Crippen molar-refractivity contribution in [3.63, 3.8) is 0 Å². The Balaban J connectivity index is 0.993. The predicted octanol–water partition coefficient (Wildman–Crippen LogP) is 28.7. The number of nitrogens with one attached hydrogen (secondary N) is 4. The van der Waals surface area contributed by atoms with Crippen LogP contribution >= 0.6 is 0 Å². The van der Waals surface area contributed by atoms with Gasteiger partial charge in [-0.2, -0.15) is 0 Å². The predicted molar refractivity (Wildman–Crippen MR) is 487 cm³/mol. The molecule has 6 aromatic heterocycles. The van der Waals surface area contributed by atoms with Crippen LogP contribution in [0.25, 0.3) is 182 Å². The van der Waals surface area contributed by atoms with Gasteiger partial charge in [-0.1, -0.05) is 294 Å². The van der Waals surface area contributed by atoms with Crippen LogP contribution in [0.5, 0.6) is 0 Å². The van der Waals surface area contributed by atoms with Gasteiger partial charge in [0.1, 0.15) is 0 Å². The Morgan fingerprint density at radius 2 is 0.307 bits per heavy atom. The van der Waals surface area contributed by atoms with E-state index in [0.717, 1.165) is 179 Å². The van der Waals surface area contributed by atoms with Crippen LogP contribution in [0.4, 0.5) is 0 Å². The number of hydrogen-bond donors (Lipinski definition) is 4. The highest BCUT2D eigenvalue weighted by molar-refractivity contribution is 6.06. The molecule has 17 rings (SSSR count). The molecular weight excluding hydrogens is 1390 g/mol. The van der Waals surface area contributed by atoms with Crippen LogP contribution < -0.4 is 0 Å². The molecule has 4 N–H and O–H groups in total. The standard InChI is InChI=1S/C106H102N8/c1-101(2,3)69-35-23-63(24-36-69)93-77-47-51-81(107-77)95(65-27-39-71(40-28-65)103(7,8)9)85-55-59-89(111-85)99(90-60-56-86(112-90)96(82-52-48-78(93)108-82)66-29-41-72(42-30-66)104(10,11)12)75-21-19-20-22-76(75)100-91-61-57-87(113-91)97(67-31-43-73(44-32-67)105(13,14)15)83-53-49-79(109-83)94(64-25-37-70(38-26-64)102(4,5)6)80-50-54-84(110-80)98(88-58-62-92(100)114-88)68-33-45-74(46-34-68)106(16,17)18/h19-62,107,109,112,114H,1-18H3. The molecule has 13 aromatic rings. The van der Waals surface area contributed by atoms with E-state index in [1.165, 1.54) is 33.4 Å². The van der Waals surface area contributed by atoms with Crippen molar-refractivity contribution in [3.05, 3.63) is 297 Å². The first-order valence-electron chi connectivity index (χ1n) is 40.3. The number of rotatable bonds is 8. The molecule has 0 atom stereocenters. The van der Waals surface area contributed by atoms with Crippen molar-refractivity contribution < 1.29 is 0 Å². The van der Waals surface area contributed by atoms with E-state index < -0.39 is 0 Å². The molecule has 4 aliphatic heterocycles. The minimum atomic E-state index is -0.0609. The van der Waals surface area contributed by atoms with Gasteiger partial charge in [0.05, 0.1) is 45.6 Å². The molecule has 0 aliphatic carbocycles. The lowest BCUT2D eigenvalue weighted by molar-refractivity contribution is 0.590. The van der Waals surface area contributed by atoms with E-state index in [2.05, 4.69) is 412 Å². The molecule has 114 heavy (non-hydrogen) atoms. The van der Waals surface area contributed by atoms with Crippen molar-refractivity contribution in [1.82, 2.24) is 39.9 Å². The molecule has 8 nitrogen and oxygen atoms in total. The van der Waals surface area contributed by atoms with Crippen LogP contribution in [0.1, 0.15) is 204 Å². The molecule has 0 spiro atoms.